The molecule has 3 N–H and O–H groups in total. The largest absolute Gasteiger partial charge is 0.492 e. The zero-order chi connectivity index (χ0) is 20.9. The molecule has 1 aliphatic carbocycles. The molecule has 2 aliphatic rings. The molecule has 0 radical (unpaired) electrons. The second-order valence-electron chi connectivity index (χ2n) is 8.13. The lowest BCUT2D eigenvalue weighted by Crippen LogP contribution is -2.47. The Morgan fingerprint density at radius 3 is 2.69 bits per heavy atom. The molecule has 1 aliphatic heterocycles. The monoisotopic (exact) mass is 403 g/mol. The van der Waals surface area contributed by atoms with Gasteiger partial charge in [0.15, 0.2) is 11.6 Å². The number of nitrogens with two attached hydrogens (primary N) is 1. The number of hydrogen-bond acceptors (Lipinski definition) is 5. The Morgan fingerprint density at radius 1 is 1.38 bits per heavy atom. The Balaban J connectivity index is 1.99. The summed E-state index contributed by atoms with van der Waals surface area (Å²) >= 11 is 0. The maximum atomic E-state index is 15.3. The number of rotatable bonds is 5. The first-order valence-corrected chi connectivity index (χ1v) is 10.0. The predicted octanol–water partition coefficient (Wildman–Crippen LogP) is 2.75. The normalized spacial score (nSPS) is 22.1. The van der Waals surface area contributed by atoms with Crippen molar-refractivity contribution in [3.63, 3.8) is 0 Å². The van der Waals surface area contributed by atoms with Crippen LogP contribution in [0.2, 0.25) is 0 Å². The van der Waals surface area contributed by atoms with Crippen molar-refractivity contribution < 1.29 is 19.0 Å². The van der Waals surface area contributed by atoms with E-state index in [-0.39, 0.29) is 28.8 Å². The van der Waals surface area contributed by atoms with Crippen LogP contribution in [-0.2, 0) is 0 Å². The molecular weight excluding hydrogens is 377 g/mol. The molecule has 2 fully saturated rings. The minimum absolute atomic E-state index is 0.0308. The van der Waals surface area contributed by atoms with Gasteiger partial charge in [-0.25, -0.2) is 9.18 Å². The van der Waals surface area contributed by atoms with E-state index < -0.39 is 17.2 Å². The number of aromatic nitrogens is 1. The summed E-state index contributed by atoms with van der Waals surface area (Å²) < 4.78 is 22.7. The first-order valence-electron chi connectivity index (χ1n) is 10.0. The summed E-state index contributed by atoms with van der Waals surface area (Å²) in [6.07, 6.45) is 4.94. The molecule has 8 heteroatoms. The molecule has 156 valence electrons. The highest BCUT2D eigenvalue weighted by molar-refractivity contribution is 5.97. The lowest BCUT2D eigenvalue weighted by molar-refractivity contribution is 0.0695. The fourth-order valence-electron chi connectivity index (χ4n) is 4.45. The van der Waals surface area contributed by atoms with Gasteiger partial charge in [0.05, 0.1) is 18.0 Å². The molecule has 1 aromatic carbocycles. The van der Waals surface area contributed by atoms with Gasteiger partial charge in [-0.3, -0.25) is 4.79 Å². The molecule has 29 heavy (non-hydrogen) atoms. The Bertz CT molecular complexity index is 1030. The SMILES string of the molecule is CC[C@@H]1C[C@H](N)CN(c2c(F)cc3c(=O)c(C(=O)O)cn(C4CC4)c3c2OC)C1. The summed E-state index contributed by atoms with van der Waals surface area (Å²) in [5.74, 6) is -1.30. The van der Waals surface area contributed by atoms with Crippen LogP contribution in [0.3, 0.4) is 0 Å². The number of carbonyl (C=O) groups is 1. The summed E-state index contributed by atoms with van der Waals surface area (Å²) in [4.78, 5) is 26.2. The standard InChI is InChI=1S/C21H26FN3O4/c1-3-11-6-12(23)9-24(8-11)18-16(22)7-14-17(20(18)29-2)25(13-4-5-13)10-15(19(14)26)21(27)28/h7,10-13H,3-6,8-9,23H2,1-2H3,(H,27,28)/t11-,12+/m1/s1. The van der Waals surface area contributed by atoms with E-state index in [1.165, 1.54) is 13.3 Å². The number of pyridine rings is 1. The van der Waals surface area contributed by atoms with Gasteiger partial charge in [-0.05, 0) is 31.2 Å². The molecule has 1 aromatic heterocycles. The van der Waals surface area contributed by atoms with Crippen molar-refractivity contribution in [2.24, 2.45) is 11.7 Å². The van der Waals surface area contributed by atoms with E-state index in [0.717, 1.165) is 31.7 Å². The van der Waals surface area contributed by atoms with E-state index in [4.69, 9.17) is 10.5 Å². The highest BCUT2D eigenvalue weighted by Crippen LogP contribution is 2.44. The van der Waals surface area contributed by atoms with Gasteiger partial charge in [-0.1, -0.05) is 13.3 Å². The highest BCUT2D eigenvalue weighted by Gasteiger charge is 2.33. The van der Waals surface area contributed by atoms with Gasteiger partial charge in [0.2, 0.25) is 5.43 Å². The van der Waals surface area contributed by atoms with Crippen molar-refractivity contribution in [3.05, 3.63) is 33.9 Å². The minimum atomic E-state index is -1.32. The molecule has 0 unspecified atom stereocenters. The maximum Gasteiger partial charge on any atom is 0.341 e. The zero-order valence-corrected chi connectivity index (χ0v) is 16.7. The molecule has 2 aromatic rings. The zero-order valence-electron chi connectivity index (χ0n) is 16.7. The van der Waals surface area contributed by atoms with E-state index in [1.54, 1.807) is 4.57 Å². The van der Waals surface area contributed by atoms with E-state index in [1.807, 2.05) is 4.90 Å². The first kappa shape index (κ1) is 19.7. The highest BCUT2D eigenvalue weighted by atomic mass is 19.1. The lowest BCUT2D eigenvalue weighted by atomic mass is 9.92. The van der Waals surface area contributed by atoms with E-state index in [9.17, 15) is 14.7 Å². The topological polar surface area (TPSA) is 97.8 Å². The number of nitrogens with zero attached hydrogens (tertiary/aromatic N) is 2. The van der Waals surface area contributed by atoms with Gasteiger partial charge in [0, 0.05) is 31.4 Å². The third-order valence-corrected chi connectivity index (χ3v) is 6.04. The van der Waals surface area contributed by atoms with Crippen molar-refractivity contribution >= 4 is 22.6 Å². The molecule has 0 spiro atoms. The molecule has 1 saturated heterocycles. The van der Waals surface area contributed by atoms with Gasteiger partial charge >= 0.3 is 5.97 Å². The number of hydrogen-bond donors (Lipinski definition) is 2. The number of methoxy groups -OCH3 is 1. The minimum Gasteiger partial charge on any atom is -0.492 e. The van der Waals surface area contributed by atoms with E-state index in [0.29, 0.717) is 30.2 Å². The van der Waals surface area contributed by atoms with Gasteiger partial charge in [0.1, 0.15) is 11.3 Å². The number of carboxylic acids is 1. The average molecular weight is 403 g/mol. The van der Waals surface area contributed by atoms with Crippen molar-refractivity contribution in [1.82, 2.24) is 4.57 Å². The second-order valence-corrected chi connectivity index (χ2v) is 8.13. The van der Waals surface area contributed by atoms with Crippen molar-refractivity contribution in [2.45, 2.75) is 44.7 Å². The summed E-state index contributed by atoms with van der Waals surface area (Å²) in [6, 6.07) is 1.16. The van der Waals surface area contributed by atoms with E-state index >= 15 is 4.39 Å². The number of halogens is 1. The van der Waals surface area contributed by atoms with Gasteiger partial charge in [0.25, 0.3) is 0 Å². The number of piperidine rings is 1. The van der Waals surface area contributed by atoms with Crippen LogP contribution in [0, 0.1) is 11.7 Å². The van der Waals surface area contributed by atoms with Crippen LogP contribution in [0.4, 0.5) is 10.1 Å². The molecule has 1 saturated carbocycles. The van der Waals surface area contributed by atoms with Gasteiger partial charge < -0.3 is 25.0 Å². The van der Waals surface area contributed by atoms with Gasteiger partial charge in [-0.2, -0.15) is 0 Å². The van der Waals surface area contributed by atoms with Crippen molar-refractivity contribution in [1.29, 1.82) is 0 Å². The average Bonchev–Trinajstić information content (AvgIpc) is 3.52. The van der Waals surface area contributed by atoms with Crippen molar-refractivity contribution in [3.8, 4) is 5.75 Å². The molecule has 4 rings (SSSR count). The predicted molar refractivity (Wildman–Crippen MR) is 109 cm³/mol. The van der Waals surface area contributed by atoms with Crippen molar-refractivity contribution in [2.75, 3.05) is 25.1 Å². The number of benzene rings is 1. The van der Waals surface area contributed by atoms with Crippen LogP contribution in [-0.4, -0.2) is 41.9 Å². The lowest BCUT2D eigenvalue weighted by Gasteiger charge is -2.38. The molecular formula is C21H26FN3O4. The van der Waals surface area contributed by atoms with Crippen LogP contribution >= 0.6 is 0 Å². The van der Waals surface area contributed by atoms with Crippen LogP contribution in [0.25, 0.3) is 10.9 Å². The van der Waals surface area contributed by atoms with Gasteiger partial charge in [-0.15, -0.1) is 0 Å². The Labute approximate surface area is 167 Å². The second kappa shape index (κ2) is 7.33. The number of carboxylic acid groups (broad SMARTS) is 1. The van der Waals surface area contributed by atoms with E-state index in [2.05, 4.69) is 6.92 Å². The number of fused-ring (bicyclic) bond motifs is 1. The third-order valence-electron chi connectivity index (χ3n) is 6.04. The van der Waals surface area contributed by atoms with Crippen LogP contribution < -0.4 is 20.8 Å². The summed E-state index contributed by atoms with van der Waals surface area (Å²) in [6.45, 7) is 3.24. The quantitative estimate of drug-likeness (QED) is 0.797. The Kier molecular flexibility index (Phi) is 4.98. The molecule has 0 bridgehead atoms. The fraction of sp³-hybridized carbons (Fsp3) is 0.524. The number of anilines is 1. The summed E-state index contributed by atoms with van der Waals surface area (Å²) in [5, 5.41) is 9.46. The first-order chi connectivity index (χ1) is 13.8. The molecule has 2 heterocycles. The van der Waals surface area contributed by atoms with Crippen LogP contribution in [0.15, 0.2) is 17.1 Å². The molecule has 7 nitrogen and oxygen atoms in total. The number of ether oxygens (including phenoxy) is 1. The summed E-state index contributed by atoms with van der Waals surface area (Å²) in [7, 11) is 1.45. The summed E-state index contributed by atoms with van der Waals surface area (Å²) in [5.41, 5.74) is 5.92. The maximum absolute atomic E-state index is 15.3. The smallest absolute Gasteiger partial charge is 0.341 e. The van der Waals surface area contributed by atoms with Crippen LogP contribution in [0.5, 0.6) is 5.75 Å². The Hall–Kier alpha value is -2.61. The fourth-order valence-corrected chi connectivity index (χ4v) is 4.45. The molecule has 0 amide bonds. The number of aromatic carboxylic acids is 1. The third kappa shape index (κ3) is 3.35. The molecule has 2 atom stereocenters. The Morgan fingerprint density at radius 2 is 2.10 bits per heavy atom. The van der Waals surface area contributed by atoms with Crippen LogP contribution in [0.1, 0.15) is 49.0 Å².